The van der Waals surface area contributed by atoms with Crippen molar-refractivity contribution < 1.29 is 0 Å². The van der Waals surface area contributed by atoms with Gasteiger partial charge < -0.3 is 5.32 Å². The molecule has 13 heavy (non-hydrogen) atoms. The van der Waals surface area contributed by atoms with E-state index < -0.39 is 0 Å². The molecular weight excluding hydrogens is 182 g/mol. The van der Waals surface area contributed by atoms with Gasteiger partial charge >= 0.3 is 0 Å². The minimum Gasteiger partial charge on any atom is -0.314 e. The zero-order valence-corrected chi connectivity index (χ0v) is 9.24. The standard InChI is InChI=1S/C11H21N.ClH/c1-2-8-11(12-9-5-1)10-6-3-4-7-10;/h10-12H,1-9H2;1H. The van der Waals surface area contributed by atoms with Crippen LogP contribution < -0.4 is 5.32 Å². The highest BCUT2D eigenvalue weighted by Gasteiger charge is 2.24. The third kappa shape index (κ3) is 3.14. The SMILES string of the molecule is C1CCNC(C2CCCC2)CC1.Cl. The minimum atomic E-state index is 0. The van der Waals surface area contributed by atoms with Crippen molar-refractivity contribution in [2.45, 2.75) is 57.4 Å². The highest BCUT2D eigenvalue weighted by Crippen LogP contribution is 2.30. The molecule has 2 rings (SSSR count). The summed E-state index contributed by atoms with van der Waals surface area (Å²) in [6.45, 7) is 1.28. The Labute approximate surface area is 88.1 Å². The molecule has 1 saturated carbocycles. The molecule has 1 aliphatic heterocycles. The molecule has 1 unspecified atom stereocenters. The monoisotopic (exact) mass is 203 g/mol. The summed E-state index contributed by atoms with van der Waals surface area (Å²) in [6, 6.07) is 0.884. The topological polar surface area (TPSA) is 12.0 Å². The van der Waals surface area contributed by atoms with Crippen LogP contribution in [0.3, 0.4) is 0 Å². The Kier molecular flexibility index (Phi) is 5.12. The van der Waals surface area contributed by atoms with Gasteiger partial charge in [-0.15, -0.1) is 12.4 Å². The van der Waals surface area contributed by atoms with Gasteiger partial charge in [-0.25, -0.2) is 0 Å². The van der Waals surface area contributed by atoms with Crippen LogP contribution in [0.15, 0.2) is 0 Å². The van der Waals surface area contributed by atoms with Crippen LogP contribution in [0.1, 0.15) is 51.4 Å². The predicted octanol–water partition coefficient (Wildman–Crippen LogP) is 3.13. The van der Waals surface area contributed by atoms with Gasteiger partial charge in [0.1, 0.15) is 0 Å². The van der Waals surface area contributed by atoms with Crippen LogP contribution in [-0.2, 0) is 0 Å². The molecule has 0 spiro atoms. The summed E-state index contributed by atoms with van der Waals surface area (Å²) >= 11 is 0. The molecule has 1 N–H and O–H groups in total. The molecule has 0 bridgehead atoms. The van der Waals surface area contributed by atoms with Crippen molar-refractivity contribution in [2.24, 2.45) is 5.92 Å². The Bertz CT molecular complexity index is 124. The lowest BCUT2D eigenvalue weighted by atomic mass is 9.94. The van der Waals surface area contributed by atoms with Gasteiger partial charge in [0.25, 0.3) is 0 Å². The van der Waals surface area contributed by atoms with E-state index in [0.717, 1.165) is 12.0 Å². The second-order valence-corrected chi connectivity index (χ2v) is 4.45. The van der Waals surface area contributed by atoms with Crippen molar-refractivity contribution in [1.82, 2.24) is 5.32 Å². The van der Waals surface area contributed by atoms with Crippen molar-refractivity contribution in [3.05, 3.63) is 0 Å². The second kappa shape index (κ2) is 5.87. The van der Waals surface area contributed by atoms with E-state index in [2.05, 4.69) is 5.32 Å². The molecule has 0 aromatic heterocycles. The van der Waals surface area contributed by atoms with E-state index in [1.54, 1.807) is 0 Å². The fraction of sp³-hybridized carbons (Fsp3) is 1.00. The quantitative estimate of drug-likeness (QED) is 0.691. The van der Waals surface area contributed by atoms with E-state index in [9.17, 15) is 0 Å². The number of rotatable bonds is 1. The number of hydrogen-bond acceptors (Lipinski definition) is 1. The molecular formula is C11H22ClN. The van der Waals surface area contributed by atoms with E-state index in [1.807, 2.05) is 0 Å². The lowest BCUT2D eigenvalue weighted by Crippen LogP contribution is -2.34. The van der Waals surface area contributed by atoms with Gasteiger partial charge in [-0.3, -0.25) is 0 Å². The molecule has 0 aromatic carbocycles. The lowest BCUT2D eigenvalue weighted by Gasteiger charge is -2.22. The lowest BCUT2D eigenvalue weighted by molar-refractivity contribution is 0.353. The van der Waals surface area contributed by atoms with E-state index >= 15 is 0 Å². The van der Waals surface area contributed by atoms with Crippen molar-refractivity contribution in [3.8, 4) is 0 Å². The Morgan fingerprint density at radius 1 is 0.769 bits per heavy atom. The summed E-state index contributed by atoms with van der Waals surface area (Å²) in [6.07, 6.45) is 11.7. The maximum atomic E-state index is 3.72. The molecule has 0 aromatic rings. The molecule has 1 nitrogen and oxygen atoms in total. The molecule has 78 valence electrons. The molecule has 1 heterocycles. The average Bonchev–Trinajstić information content (AvgIpc) is 2.48. The molecule has 2 aliphatic rings. The molecule has 0 radical (unpaired) electrons. The normalized spacial score (nSPS) is 30.9. The van der Waals surface area contributed by atoms with Gasteiger partial charge in [0.2, 0.25) is 0 Å². The number of nitrogens with one attached hydrogen (secondary N) is 1. The van der Waals surface area contributed by atoms with Crippen LogP contribution in [0.2, 0.25) is 0 Å². The maximum absolute atomic E-state index is 3.72. The van der Waals surface area contributed by atoms with E-state index in [4.69, 9.17) is 0 Å². The third-order valence-electron chi connectivity index (χ3n) is 3.57. The first-order valence-electron chi connectivity index (χ1n) is 5.70. The van der Waals surface area contributed by atoms with Gasteiger partial charge in [-0.1, -0.05) is 25.7 Å². The molecule has 1 aliphatic carbocycles. The summed E-state index contributed by atoms with van der Waals surface area (Å²) in [7, 11) is 0. The van der Waals surface area contributed by atoms with Crippen LogP contribution in [0.25, 0.3) is 0 Å². The summed E-state index contributed by atoms with van der Waals surface area (Å²) in [5.41, 5.74) is 0. The van der Waals surface area contributed by atoms with Gasteiger partial charge in [0.15, 0.2) is 0 Å². The molecule has 2 fully saturated rings. The first-order valence-corrected chi connectivity index (χ1v) is 5.70. The van der Waals surface area contributed by atoms with Crippen LogP contribution >= 0.6 is 12.4 Å². The van der Waals surface area contributed by atoms with Crippen molar-refractivity contribution in [3.63, 3.8) is 0 Å². The second-order valence-electron chi connectivity index (χ2n) is 4.45. The Morgan fingerprint density at radius 2 is 1.46 bits per heavy atom. The summed E-state index contributed by atoms with van der Waals surface area (Å²) in [4.78, 5) is 0. The van der Waals surface area contributed by atoms with E-state index in [0.29, 0.717) is 0 Å². The highest BCUT2D eigenvalue weighted by atomic mass is 35.5. The zero-order valence-electron chi connectivity index (χ0n) is 8.43. The van der Waals surface area contributed by atoms with E-state index in [-0.39, 0.29) is 12.4 Å². The van der Waals surface area contributed by atoms with Crippen LogP contribution in [0, 0.1) is 5.92 Å². The number of halogens is 1. The molecule has 0 amide bonds. The number of hydrogen-bond donors (Lipinski definition) is 1. The smallest absolute Gasteiger partial charge is 0.00953 e. The Morgan fingerprint density at radius 3 is 2.23 bits per heavy atom. The van der Waals surface area contributed by atoms with E-state index in [1.165, 1.54) is 57.9 Å². The van der Waals surface area contributed by atoms with Gasteiger partial charge in [-0.2, -0.15) is 0 Å². The summed E-state index contributed by atoms with van der Waals surface area (Å²) in [5.74, 6) is 1.03. The Balaban J connectivity index is 0.000000845. The summed E-state index contributed by atoms with van der Waals surface area (Å²) < 4.78 is 0. The van der Waals surface area contributed by atoms with Crippen LogP contribution in [0.5, 0.6) is 0 Å². The fourth-order valence-electron chi connectivity index (χ4n) is 2.82. The summed E-state index contributed by atoms with van der Waals surface area (Å²) in [5, 5.41) is 3.72. The average molecular weight is 204 g/mol. The molecule has 1 atom stereocenters. The Hall–Kier alpha value is 0.250. The zero-order chi connectivity index (χ0) is 8.23. The molecule has 2 heteroatoms. The van der Waals surface area contributed by atoms with Gasteiger partial charge in [0.05, 0.1) is 0 Å². The largest absolute Gasteiger partial charge is 0.314 e. The first kappa shape index (κ1) is 11.3. The maximum Gasteiger partial charge on any atom is 0.00953 e. The van der Waals surface area contributed by atoms with Gasteiger partial charge in [0, 0.05) is 6.04 Å². The first-order chi connectivity index (χ1) is 5.97. The predicted molar refractivity (Wildman–Crippen MR) is 59.5 cm³/mol. The minimum absolute atomic E-state index is 0. The van der Waals surface area contributed by atoms with Gasteiger partial charge in [-0.05, 0) is 38.1 Å². The highest BCUT2D eigenvalue weighted by molar-refractivity contribution is 5.85. The third-order valence-corrected chi connectivity index (χ3v) is 3.57. The van der Waals surface area contributed by atoms with Crippen LogP contribution in [0.4, 0.5) is 0 Å². The molecule has 1 saturated heterocycles. The fourth-order valence-corrected chi connectivity index (χ4v) is 2.82. The van der Waals surface area contributed by atoms with Crippen molar-refractivity contribution >= 4 is 12.4 Å². The van der Waals surface area contributed by atoms with Crippen LogP contribution in [-0.4, -0.2) is 12.6 Å². The van der Waals surface area contributed by atoms with Crippen molar-refractivity contribution in [1.29, 1.82) is 0 Å². The van der Waals surface area contributed by atoms with Crippen molar-refractivity contribution in [2.75, 3.05) is 6.54 Å².